The maximum atomic E-state index is 10.7. The van der Waals surface area contributed by atoms with E-state index in [0.29, 0.717) is 0 Å². The first-order chi connectivity index (χ1) is 8.78. The van der Waals surface area contributed by atoms with Crippen LogP contribution in [-0.2, 0) is 4.79 Å². The molecule has 0 amide bonds. The molecule has 1 fully saturated rings. The molecule has 3 nitrogen and oxygen atoms in total. The Hall–Kier alpha value is -1.35. The summed E-state index contributed by atoms with van der Waals surface area (Å²) < 4.78 is 5.73. The maximum Gasteiger partial charge on any atom is 0.123 e. The van der Waals surface area contributed by atoms with E-state index in [4.69, 9.17) is 4.74 Å². The van der Waals surface area contributed by atoms with Crippen molar-refractivity contribution in [2.45, 2.75) is 19.8 Å². The molecule has 0 radical (unpaired) electrons. The second-order valence-corrected chi connectivity index (χ2v) is 4.98. The normalized spacial score (nSPS) is 17.6. The number of aldehydes is 1. The molecule has 0 N–H and O–H groups in total. The highest BCUT2D eigenvalue weighted by Gasteiger charge is 2.17. The summed E-state index contributed by atoms with van der Waals surface area (Å²) in [5, 5.41) is 0. The second kappa shape index (κ2) is 6.55. The highest BCUT2D eigenvalue weighted by Crippen LogP contribution is 2.15. The SMILES string of the molecule is Cc1cccc(OCCN2CCC(C=O)CC2)c1. The zero-order valence-electron chi connectivity index (χ0n) is 11.0. The van der Waals surface area contributed by atoms with Crippen LogP contribution in [-0.4, -0.2) is 37.4 Å². The van der Waals surface area contributed by atoms with Gasteiger partial charge in [-0.05, 0) is 50.6 Å². The first-order valence-corrected chi connectivity index (χ1v) is 6.65. The third kappa shape index (κ3) is 3.84. The molecule has 1 aliphatic rings. The summed E-state index contributed by atoms with van der Waals surface area (Å²) in [4.78, 5) is 13.0. The van der Waals surface area contributed by atoms with Crippen molar-refractivity contribution < 1.29 is 9.53 Å². The predicted octanol–water partition coefficient (Wildman–Crippen LogP) is 2.28. The van der Waals surface area contributed by atoms with Crippen LogP contribution in [0.4, 0.5) is 0 Å². The fraction of sp³-hybridized carbons (Fsp3) is 0.533. The molecule has 0 aromatic heterocycles. The summed E-state index contributed by atoms with van der Waals surface area (Å²) in [6.45, 7) is 5.76. The van der Waals surface area contributed by atoms with Crippen molar-refractivity contribution in [2.24, 2.45) is 5.92 Å². The standard InChI is InChI=1S/C15H21NO2/c1-13-3-2-4-15(11-13)18-10-9-16-7-5-14(12-17)6-8-16/h2-4,11-12,14H,5-10H2,1H3. The van der Waals surface area contributed by atoms with Gasteiger partial charge < -0.3 is 9.53 Å². The minimum absolute atomic E-state index is 0.277. The van der Waals surface area contributed by atoms with Crippen molar-refractivity contribution in [3.63, 3.8) is 0 Å². The van der Waals surface area contributed by atoms with Crippen molar-refractivity contribution in [1.82, 2.24) is 4.90 Å². The van der Waals surface area contributed by atoms with E-state index in [-0.39, 0.29) is 5.92 Å². The molecule has 0 atom stereocenters. The number of carbonyl (C=O) groups excluding carboxylic acids is 1. The Morgan fingerprint density at radius 2 is 2.17 bits per heavy atom. The van der Waals surface area contributed by atoms with Crippen molar-refractivity contribution >= 4 is 6.29 Å². The van der Waals surface area contributed by atoms with Crippen molar-refractivity contribution in [3.05, 3.63) is 29.8 Å². The average Bonchev–Trinajstić information content (AvgIpc) is 2.40. The van der Waals surface area contributed by atoms with Gasteiger partial charge in [0.15, 0.2) is 0 Å². The van der Waals surface area contributed by atoms with Crippen LogP contribution in [0.3, 0.4) is 0 Å². The lowest BCUT2D eigenvalue weighted by Gasteiger charge is -2.29. The molecule has 1 aliphatic heterocycles. The van der Waals surface area contributed by atoms with E-state index in [0.717, 1.165) is 51.1 Å². The Morgan fingerprint density at radius 3 is 2.83 bits per heavy atom. The quantitative estimate of drug-likeness (QED) is 0.748. The monoisotopic (exact) mass is 247 g/mol. The Bertz CT molecular complexity index is 384. The first-order valence-electron chi connectivity index (χ1n) is 6.65. The number of piperidine rings is 1. The van der Waals surface area contributed by atoms with Crippen LogP contribution < -0.4 is 4.74 Å². The molecule has 0 bridgehead atoms. The van der Waals surface area contributed by atoms with Crippen LogP contribution in [0.1, 0.15) is 18.4 Å². The number of hydrogen-bond donors (Lipinski definition) is 0. The van der Waals surface area contributed by atoms with Crippen LogP contribution in [0.2, 0.25) is 0 Å². The van der Waals surface area contributed by atoms with Gasteiger partial charge in [0.05, 0.1) is 0 Å². The van der Waals surface area contributed by atoms with Gasteiger partial charge in [-0.1, -0.05) is 12.1 Å². The van der Waals surface area contributed by atoms with Crippen LogP contribution in [0.25, 0.3) is 0 Å². The lowest BCUT2D eigenvalue weighted by molar-refractivity contribution is -0.112. The Balaban J connectivity index is 1.68. The van der Waals surface area contributed by atoms with Gasteiger partial charge in [0.25, 0.3) is 0 Å². The zero-order valence-corrected chi connectivity index (χ0v) is 11.0. The minimum Gasteiger partial charge on any atom is -0.492 e. The summed E-state index contributed by atoms with van der Waals surface area (Å²) in [5.74, 6) is 1.22. The molecule has 3 heteroatoms. The van der Waals surface area contributed by atoms with E-state index in [9.17, 15) is 4.79 Å². The van der Waals surface area contributed by atoms with Crippen LogP contribution in [0.5, 0.6) is 5.75 Å². The summed E-state index contributed by atoms with van der Waals surface area (Å²) in [6.07, 6.45) is 3.09. The van der Waals surface area contributed by atoms with E-state index < -0.39 is 0 Å². The number of nitrogens with zero attached hydrogens (tertiary/aromatic N) is 1. The molecule has 1 saturated heterocycles. The average molecular weight is 247 g/mol. The predicted molar refractivity (Wildman–Crippen MR) is 71.9 cm³/mol. The van der Waals surface area contributed by atoms with Crippen molar-refractivity contribution in [1.29, 1.82) is 0 Å². The number of aryl methyl sites for hydroxylation is 1. The minimum atomic E-state index is 0.277. The number of carbonyl (C=O) groups is 1. The van der Waals surface area contributed by atoms with Gasteiger partial charge in [-0.2, -0.15) is 0 Å². The molecule has 0 unspecified atom stereocenters. The molecule has 1 aromatic rings. The van der Waals surface area contributed by atoms with Gasteiger partial charge in [-0.15, -0.1) is 0 Å². The highest BCUT2D eigenvalue weighted by molar-refractivity contribution is 5.53. The molecule has 0 aliphatic carbocycles. The number of hydrogen-bond acceptors (Lipinski definition) is 3. The molecule has 0 spiro atoms. The van der Waals surface area contributed by atoms with E-state index in [1.54, 1.807) is 0 Å². The van der Waals surface area contributed by atoms with Crippen LogP contribution in [0.15, 0.2) is 24.3 Å². The number of rotatable bonds is 5. The van der Waals surface area contributed by atoms with Gasteiger partial charge in [0, 0.05) is 12.5 Å². The highest BCUT2D eigenvalue weighted by atomic mass is 16.5. The van der Waals surface area contributed by atoms with Gasteiger partial charge in [0.1, 0.15) is 18.6 Å². The molecule has 1 aromatic carbocycles. The first kappa shape index (κ1) is 13.1. The molecule has 98 valence electrons. The largest absolute Gasteiger partial charge is 0.492 e. The molecular formula is C15H21NO2. The van der Waals surface area contributed by atoms with Gasteiger partial charge in [0.2, 0.25) is 0 Å². The Kier molecular flexibility index (Phi) is 4.76. The van der Waals surface area contributed by atoms with Gasteiger partial charge in [-0.25, -0.2) is 0 Å². The smallest absolute Gasteiger partial charge is 0.123 e. The lowest BCUT2D eigenvalue weighted by atomic mass is 9.99. The third-order valence-corrected chi connectivity index (χ3v) is 3.49. The summed E-state index contributed by atoms with van der Waals surface area (Å²) >= 11 is 0. The molecular weight excluding hydrogens is 226 g/mol. The fourth-order valence-electron chi connectivity index (χ4n) is 2.31. The third-order valence-electron chi connectivity index (χ3n) is 3.49. The number of ether oxygens (including phenoxy) is 1. The van der Waals surface area contributed by atoms with Crippen molar-refractivity contribution in [2.75, 3.05) is 26.2 Å². The summed E-state index contributed by atoms with van der Waals surface area (Å²) in [7, 11) is 0. The summed E-state index contributed by atoms with van der Waals surface area (Å²) in [5.41, 5.74) is 1.22. The van der Waals surface area contributed by atoms with E-state index in [1.807, 2.05) is 12.1 Å². The van der Waals surface area contributed by atoms with Crippen LogP contribution >= 0.6 is 0 Å². The maximum absolute atomic E-state index is 10.7. The molecule has 2 rings (SSSR count). The Morgan fingerprint density at radius 1 is 1.39 bits per heavy atom. The van der Waals surface area contributed by atoms with Crippen molar-refractivity contribution in [3.8, 4) is 5.75 Å². The number of likely N-dealkylation sites (tertiary alicyclic amines) is 1. The van der Waals surface area contributed by atoms with E-state index in [2.05, 4.69) is 24.0 Å². The molecule has 1 heterocycles. The summed E-state index contributed by atoms with van der Waals surface area (Å²) in [6, 6.07) is 8.13. The fourth-order valence-corrected chi connectivity index (χ4v) is 2.31. The van der Waals surface area contributed by atoms with Crippen LogP contribution in [0, 0.1) is 12.8 Å². The van der Waals surface area contributed by atoms with Gasteiger partial charge >= 0.3 is 0 Å². The lowest BCUT2D eigenvalue weighted by Crippen LogP contribution is -2.36. The molecule has 18 heavy (non-hydrogen) atoms. The van der Waals surface area contributed by atoms with Gasteiger partial charge in [-0.3, -0.25) is 4.90 Å². The topological polar surface area (TPSA) is 29.5 Å². The van der Waals surface area contributed by atoms with E-state index >= 15 is 0 Å². The zero-order chi connectivity index (χ0) is 12.8. The molecule has 0 saturated carbocycles. The second-order valence-electron chi connectivity index (χ2n) is 4.98. The Labute approximate surface area is 109 Å². The number of benzene rings is 1. The van der Waals surface area contributed by atoms with E-state index in [1.165, 1.54) is 5.56 Å².